The Balaban J connectivity index is 2.56. The van der Waals surface area contributed by atoms with Crippen molar-refractivity contribution < 1.29 is 24.1 Å². The van der Waals surface area contributed by atoms with Crippen LogP contribution in [0.3, 0.4) is 0 Å². The summed E-state index contributed by atoms with van der Waals surface area (Å²) in [6, 6.07) is 0. The van der Waals surface area contributed by atoms with Gasteiger partial charge in [0.15, 0.2) is 0 Å². The fourth-order valence-corrected chi connectivity index (χ4v) is 3.60. The average molecular weight is 478 g/mol. The van der Waals surface area contributed by atoms with E-state index in [9.17, 15) is 9.90 Å². The Labute approximate surface area is 164 Å². The van der Waals surface area contributed by atoms with E-state index in [1.807, 2.05) is 19.9 Å². The number of carbonyl (C=O) groups is 1. The highest BCUT2D eigenvalue weighted by Gasteiger charge is 2.33. The summed E-state index contributed by atoms with van der Waals surface area (Å²) < 4.78 is 16.9. The van der Waals surface area contributed by atoms with Crippen LogP contribution in [-0.2, 0) is 17.8 Å². The second kappa shape index (κ2) is 9.68. The zero-order chi connectivity index (χ0) is 18.4. The summed E-state index contributed by atoms with van der Waals surface area (Å²) in [6.07, 6.45) is 3.28. The molecule has 0 saturated heterocycles. The first-order valence-corrected chi connectivity index (χ1v) is 11.7. The van der Waals surface area contributed by atoms with E-state index in [1.165, 1.54) is 0 Å². The molecule has 0 bridgehead atoms. The third kappa shape index (κ3) is 4.43. The van der Waals surface area contributed by atoms with E-state index in [-0.39, 0.29) is 19.2 Å². The number of carbonyl (C=O) groups excluding carboxylic acids is 1. The SMILES string of the molecule is CC/C(=C\Cc1c(OC)c(C)c2c(c1OCCSI)C(=O)OC2)CO. The summed E-state index contributed by atoms with van der Waals surface area (Å²) in [5.74, 6) is 1.74. The first-order chi connectivity index (χ1) is 12.1. The van der Waals surface area contributed by atoms with E-state index in [4.69, 9.17) is 14.2 Å². The van der Waals surface area contributed by atoms with Gasteiger partial charge < -0.3 is 19.3 Å². The Morgan fingerprint density at radius 2 is 2.20 bits per heavy atom. The number of methoxy groups -OCH3 is 1. The van der Waals surface area contributed by atoms with E-state index in [1.54, 1.807) is 16.0 Å². The molecule has 0 aliphatic carbocycles. The zero-order valence-corrected chi connectivity index (χ0v) is 17.7. The Morgan fingerprint density at radius 1 is 1.44 bits per heavy atom. The second-order valence-corrected chi connectivity index (χ2v) is 8.13. The molecular formula is C18H23IO5S. The molecule has 2 rings (SSSR count). The van der Waals surface area contributed by atoms with Gasteiger partial charge in [-0.1, -0.05) is 21.9 Å². The van der Waals surface area contributed by atoms with Crippen LogP contribution in [0.25, 0.3) is 0 Å². The molecule has 1 aliphatic heterocycles. The number of hydrogen-bond donors (Lipinski definition) is 1. The zero-order valence-electron chi connectivity index (χ0n) is 14.7. The Morgan fingerprint density at radius 3 is 2.80 bits per heavy atom. The monoisotopic (exact) mass is 478 g/mol. The van der Waals surface area contributed by atoms with Gasteiger partial charge in [0.25, 0.3) is 0 Å². The van der Waals surface area contributed by atoms with E-state index < -0.39 is 0 Å². The maximum atomic E-state index is 12.3. The van der Waals surface area contributed by atoms with Gasteiger partial charge in [-0.3, -0.25) is 0 Å². The standard InChI is InChI=1S/C18H23IO5S/c1-4-12(9-20)5-6-13-16(22-3)11(2)14-10-24-18(21)15(14)17(13)23-7-8-25-19/h5,20H,4,6-10H2,1-3H3/b12-5+. The molecule has 7 heteroatoms. The number of hydrogen-bond acceptors (Lipinski definition) is 6. The van der Waals surface area contributed by atoms with E-state index in [0.29, 0.717) is 24.3 Å². The van der Waals surface area contributed by atoms with Gasteiger partial charge in [0, 0.05) is 16.9 Å². The minimum Gasteiger partial charge on any atom is -0.496 e. The van der Waals surface area contributed by atoms with Gasteiger partial charge >= 0.3 is 5.97 Å². The number of halogens is 1. The number of cyclic esters (lactones) is 1. The number of rotatable bonds is 9. The molecule has 5 nitrogen and oxygen atoms in total. The molecule has 0 fully saturated rings. The lowest BCUT2D eigenvalue weighted by Crippen LogP contribution is -2.10. The maximum Gasteiger partial charge on any atom is 0.342 e. The van der Waals surface area contributed by atoms with Crippen LogP contribution in [0.2, 0.25) is 0 Å². The predicted molar refractivity (Wildman–Crippen MR) is 108 cm³/mol. The van der Waals surface area contributed by atoms with Crippen molar-refractivity contribution in [3.63, 3.8) is 0 Å². The third-order valence-corrected chi connectivity index (χ3v) is 5.93. The fraction of sp³-hybridized carbons (Fsp3) is 0.500. The van der Waals surface area contributed by atoms with Crippen LogP contribution in [0.4, 0.5) is 0 Å². The largest absolute Gasteiger partial charge is 0.496 e. The van der Waals surface area contributed by atoms with E-state index >= 15 is 0 Å². The predicted octanol–water partition coefficient (Wildman–Crippen LogP) is 4.01. The van der Waals surface area contributed by atoms with Gasteiger partial charge in [-0.05, 0) is 52.1 Å². The summed E-state index contributed by atoms with van der Waals surface area (Å²) in [7, 11) is 3.27. The van der Waals surface area contributed by atoms with Crippen molar-refractivity contribution >= 4 is 36.1 Å². The number of esters is 1. The minimum absolute atomic E-state index is 0.0203. The van der Waals surface area contributed by atoms with Gasteiger partial charge in [0.05, 0.1) is 20.3 Å². The number of aliphatic hydroxyl groups excluding tert-OH is 1. The molecule has 0 saturated carbocycles. The molecule has 0 radical (unpaired) electrons. The number of aliphatic hydroxyl groups is 1. The van der Waals surface area contributed by atoms with Crippen LogP contribution in [0.1, 0.15) is 40.4 Å². The van der Waals surface area contributed by atoms with Gasteiger partial charge in [-0.25, -0.2) is 4.79 Å². The number of fused-ring (bicyclic) bond motifs is 1. The second-order valence-electron chi connectivity index (χ2n) is 5.64. The van der Waals surface area contributed by atoms with Gasteiger partial charge in [0.1, 0.15) is 23.7 Å². The Bertz CT molecular complexity index is 666. The van der Waals surface area contributed by atoms with Crippen LogP contribution in [0, 0.1) is 6.92 Å². The summed E-state index contributed by atoms with van der Waals surface area (Å²) >= 11 is 2.22. The molecule has 0 unspecified atom stereocenters. The number of benzene rings is 1. The van der Waals surface area contributed by atoms with E-state index in [2.05, 4.69) is 21.2 Å². The van der Waals surface area contributed by atoms with Gasteiger partial charge in [-0.2, -0.15) is 0 Å². The molecule has 1 N–H and O–H groups in total. The van der Waals surface area contributed by atoms with Crippen molar-refractivity contribution in [2.75, 3.05) is 26.1 Å². The lowest BCUT2D eigenvalue weighted by molar-refractivity contribution is 0.0532. The van der Waals surface area contributed by atoms with Gasteiger partial charge in [0.2, 0.25) is 0 Å². The fourth-order valence-electron chi connectivity index (χ4n) is 2.91. The highest BCUT2D eigenvalue weighted by atomic mass is 127. The molecular weight excluding hydrogens is 455 g/mol. The summed E-state index contributed by atoms with van der Waals surface area (Å²) in [5, 5.41) is 9.42. The molecule has 0 amide bonds. The van der Waals surface area contributed by atoms with Crippen molar-refractivity contribution in [2.24, 2.45) is 0 Å². The topological polar surface area (TPSA) is 65.0 Å². The van der Waals surface area contributed by atoms with Crippen LogP contribution < -0.4 is 9.47 Å². The lowest BCUT2D eigenvalue weighted by Gasteiger charge is -2.19. The molecule has 1 aliphatic rings. The summed E-state index contributed by atoms with van der Waals surface area (Å²) in [5.41, 5.74) is 4.03. The van der Waals surface area contributed by atoms with E-state index in [0.717, 1.165) is 40.2 Å². The molecule has 1 heterocycles. The van der Waals surface area contributed by atoms with Crippen molar-refractivity contribution in [1.82, 2.24) is 0 Å². The lowest BCUT2D eigenvalue weighted by atomic mass is 9.94. The first kappa shape index (κ1) is 20.4. The molecule has 0 aromatic heterocycles. The maximum absolute atomic E-state index is 12.3. The van der Waals surface area contributed by atoms with Crippen molar-refractivity contribution in [3.05, 3.63) is 33.9 Å². The third-order valence-electron chi connectivity index (χ3n) is 4.29. The number of ether oxygens (including phenoxy) is 3. The molecule has 25 heavy (non-hydrogen) atoms. The average Bonchev–Trinajstić information content (AvgIpc) is 3.00. The first-order valence-electron chi connectivity index (χ1n) is 8.13. The van der Waals surface area contributed by atoms with Gasteiger partial charge in [-0.15, -0.1) is 0 Å². The molecule has 1 aromatic carbocycles. The number of allylic oxidation sites excluding steroid dienone is 1. The molecule has 1 aromatic rings. The Kier molecular flexibility index (Phi) is 7.89. The summed E-state index contributed by atoms with van der Waals surface area (Å²) in [6.45, 7) is 4.70. The quantitative estimate of drug-likeness (QED) is 0.251. The van der Waals surface area contributed by atoms with Crippen LogP contribution in [0.15, 0.2) is 11.6 Å². The molecule has 0 atom stereocenters. The van der Waals surface area contributed by atoms with Crippen LogP contribution in [-0.4, -0.2) is 37.2 Å². The minimum atomic E-state index is -0.346. The summed E-state index contributed by atoms with van der Waals surface area (Å²) in [4.78, 5) is 12.3. The highest BCUT2D eigenvalue weighted by molar-refractivity contribution is 14.2. The molecule has 0 spiro atoms. The smallest absolute Gasteiger partial charge is 0.342 e. The van der Waals surface area contributed by atoms with Crippen LogP contribution in [0.5, 0.6) is 11.5 Å². The van der Waals surface area contributed by atoms with Crippen molar-refractivity contribution in [2.45, 2.75) is 33.3 Å². The van der Waals surface area contributed by atoms with Crippen LogP contribution >= 0.6 is 30.1 Å². The Hall–Kier alpha value is -0.930. The molecule has 138 valence electrons. The highest BCUT2D eigenvalue weighted by Crippen LogP contribution is 2.43. The van der Waals surface area contributed by atoms with Crippen molar-refractivity contribution in [1.29, 1.82) is 0 Å². The van der Waals surface area contributed by atoms with Crippen molar-refractivity contribution in [3.8, 4) is 11.5 Å². The normalized spacial score (nSPS) is 13.6.